The SMILES string of the molecule is CC1=CC(C)[C]([Zr+2](=[C](Cc2ccccc2)Cc2ccccc2)[CH]2c3cc4c(cc3-c3cc5c(cc32)C(C)(C)C=C5C)C(C)=CC4(C)C)=C1.[Cl-].[Cl-]. The molecule has 0 aromatic heterocycles. The Hall–Kier alpha value is -2.83. The molecule has 4 aliphatic rings. The predicted molar refractivity (Wildman–Crippen MR) is 203 cm³/mol. The number of benzene rings is 4. The van der Waals surface area contributed by atoms with Crippen molar-refractivity contribution in [2.45, 2.75) is 82.7 Å². The average Bonchev–Trinajstić information content (AvgIpc) is 3.69. The van der Waals surface area contributed by atoms with Gasteiger partial charge >= 0.3 is 298 Å². The first-order valence-corrected chi connectivity index (χ1v) is 21.8. The summed E-state index contributed by atoms with van der Waals surface area (Å²) in [5, 5.41) is 0. The Morgan fingerprint density at radius 2 is 1.06 bits per heavy atom. The first kappa shape index (κ1) is 36.9. The van der Waals surface area contributed by atoms with Crippen molar-refractivity contribution in [2.75, 3.05) is 0 Å². The molecular formula is C47H48Cl2Zr. The number of hydrogen-bond donors (Lipinski definition) is 0. The second kappa shape index (κ2) is 13.6. The number of rotatable bonds is 6. The van der Waals surface area contributed by atoms with Crippen molar-refractivity contribution in [2.24, 2.45) is 5.92 Å². The summed E-state index contributed by atoms with van der Waals surface area (Å²) in [5.74, 6) is 0.484. The topological polar surface area (TPSA) is 0 Å². The van der Waals surface area contributed by atoms with E-state index in [9.17, 15) is 0 Å². The van der Waals surface area contributed by atoms with Crippen LogP contribution in [-0.2, 0) is 44.9 Å². The van der Waals surface area contributed by atoms with Crippen molar-refractivity contribution in [3.05, 3.63) is 163 Å². The van der Waals surface area contributed by atoms with E-state index < -0.39 is 21.3 Å². The molecule has 0 saturated heterocycles. The number of halogens is 2. The van der Waals surface area contributed by atoms with E-state index in [0.717, 1.165) is 12.8 Å². The van der Waals surface area contributed by atoms with Crippen LogP contribution in [-0.4, -0.2) is 3.21 Å². The summed E-state index contributed by atoms with van der Waals surface area (Å²) in [4.78, 5) is 0. The maximum Gasteiger partial charge on any atom is -1.00 e. The maximum absolute atomic E-state index is 2.72. The molecule has 0 spiro atoms. The van der Waals surface area contributed by atoms with Crippen molar-refractivity contribution < 1.29 is 46.1 Å². The summed E-state index contributed by atoms with van der Waals surface area (Å²) >= 11 is -2.72. The van der Waals surface area contributed by atoms with E-state index in [1.54, 1.807) is 14.4 Å². The van der Waals surface area contributed by atoms with E-state index in [1.807, 2.05) is 3.21 Å². The van der Waals surface area contributed by atoms with Gasteiger partial charge in [0.15, 0.2) is 0 Å². The van der Waals surface area contributed by atoms with Gasteiger partial charge in [-0.1, -0.05) is 0 Å². The zero-order chi connectivity index (χ0) is 33.5. The fourth-order valence-corrected chi connectivity index (χ4v) is 19.3. The molecule has 1 atom stereocenters. The van der Waals surface area contributed by atoms with E-state index in [0.29, 0.717) is 9.54 Å². The summed E-state index contributed by atoms with van der Waals surface area (Å²) in [6.45, 7) is 19.1. The van der Waals surface area contributed by atoms with Crippen molar-refractivity contribution in [3.63, 3.8) is 0 Å². The van der Waals surface area contributed by atoms with Crippen LogP contribution < -0.4 is 24.8 Å². The summed E-state index contributed by atoms with van der Waals surface area (Å²) in [7, 11) is 0. The molecular weight excluding hydrogens is 727 g/mol. The van der Waals surface area contributed by atoms with Gasteiger partial charge in [-0.2, -0.15) is 0 Å². The van der Waals surface area contributed by atoms with Gasteiger partial charge < -0.3 is 24.8 Å². The number of allylic oxidation sites excluding steroid dienone is 8. The first-order valence-electron chi connectivity index (χ1n) is 17.9. The standard InChI is InChI=1S/C25H25.C15H14.C7H9.2ClH.Zr/c1-14-12-24(3,4)22-8-16-7-17-9-23-19(15(2)13-25(23,5)6)11-21(17)20(16)10-18(14)22;1-3-8-14(9-4-1)12-7-13-15-10-5-2-6-11-15;1-6-3-4-7(2)5-6;;;/h7-13H,1-6H3;1-6,8-11H,12-13H2;3,5,7H,1-2H3;2*1H;/q;;;;;+2/p-2. The Morgan fingerprint density at radius 1 is 0.620 bits per heavy atom. The van der Waals surface area contributed by atoms with E-state index in [4.69, 9.17) is 0 Å². The Labute approximate surface area is 320 Å². The van der Waals surface area contributed by atoms with Gasteiger partial charge in [-0.25, -0.2) is 0 Å². The number of hydrogen-bond acceptors (Lipinski definition) is 0. The second-order valence-corrected chi connectivity index (χ2v) is 22.8. The molecule has 0 bridgehead atoms. The molecule has 0 amide bonds. The minimum Gasteiger partial charge on any atom is -1.00 e. The predicted octanol–water partition coefficient (Wildman–Crippen LogP) is 5.91. The molecule has 0 heterocycles. The van der Waals surface area contributed by atoms with Crippen molar-refractivity contribution in [1.29, 1.82) is 0 Å². The smallest absolute Gasteiger partial charge is 1.00 e. The van der Waals surface area contributed by atoms with Gasteiger partial charge in [-0.3, -0.25) is 0 Å². The minimum absolute atomic E-state index is 0. The minimum atomic E-state index is -2.72. The Morgan fingerprint density at radius 3 is 1.46 bits per heavy atom. The fourth-order valence-electron chi connectivity index (χ4n) is 9.51. The molecule has 254 valence electrons. The van der Waals surface area contributed by atoms with Crippen LogP contribution in [0.2, 0.25) is 0 Å². The second-order valence-electron chi connectivity index (χ2n) is 16.1. The van der Waals surface area contributed by atoms with E-state index in [-0.39, 0.29) is 35.6 Å². The Bertz CT molecular complexity index is 2030. The zero-order valence-electron chi connectivity index (χ0n) is 30.7. The van der Waals surface area contributed by atoms with Gasteiger partial charge in [0.05, 0.1) is 0 Å². The number of fused-ring (bicyclic) bond motifs is 5. The molecule has 0 aliphatic heterocycles. The third kappa shape index (κ3) is 6.21. The fraction of sp³-hybridized carbons (Fsp3) is 0.298. The van der Waals surface area contributed by atoms with Crippen LogP contribution in [0, 0.1) is 5.92 Å². The van der Waals surface area contributed by atoms with E-state index >= 15 is 0 Å². The summed E-state index contributed by atoms with van der Waals surface area (Å²) < 4.78 is 4.02. The van der Waals surface area contributed by atoms with E-state index in [2.05, 4.69) is 165 Å². The monoisotopic (exact) mass is 772 g/mol. The van der Waals surface area contributed by atoms with Crippen LogP contribution in [0.1, 0.15) is 104 Å². The summed E-state index contributed by atoms with van der Waals surface area (Å²) in [5.41, 5.74) is 19.4. The van der Waals surface area contributed by atoms with Gasteiger partial charge in [-0.05, 0) is 0 Å². The molecule has 4 aromatic rings. The van der Waals surface area contributed by atoms with Gasteiger partial charge in [0.2, 0.25) is 0 Å². The van der Waals surface area contributed by atoms with Gasteiger partial charge in [0, 0.05) is 0 Å². The molecule has 4 aromatic carbocycles. The summed E-state index contributed by atoms with van der Waals surface area (Å²) in [6.07, 6.45) is 12.3. The normalized spacial score (nSPS) is 18.6. The van der Waals surface area contributed by atoms with Crippen LogP contribution in [0.4, 0.5) is 0 Å². The molecule has 0 nitrogen and oxygen atoms in total. The van der Waals surface area contributed by atoms with Gasteiger partial charge in [0.1, 0.15) is 0 Å². The molecule has 50 heavy (non-hydrogen) atoms. The quantitative estimate of drug-likeness (QED) is 0.229. The van der Waals surface area contributed by atoms with Crippen LogP contribution in [0.15, 0.2) is 118 Å². The average molecular weight is 775 g/mol. The molecule has 0 N–H and O–H groups in total. The molecule has 4 aliphatic carbocycles. The van der Waals surface area contributed by atoms with Crippen molar-refractivity contribution >= 4 is 14.4 Å². The molecule has 0 fully saturated rings. The largest absolute Gasteiger partial charge is 1.00 e. The molecule has 3 heteroatoms. The van der Waals surface area contributed by atoms with Gasteiger partial charge in [-0.15, -0.1) is 0 Å². The van der Waals surface area contributed by atoms with Crippen LogP contribution >= 0.6 is 0 Å². The zero-order valence-corrected chi connectivity index (χ0v) is 34.7. The van der Waals surface area contributed by atoms with Gasteiger partial charge in [0.25, 0.3) is 0 Å². The summed E-state index contributed by atoms with van der Waals surface area (Å²) in [6, 6.07) is 33.2. The Balaban J connectivity index is 0.00000216. The third-order valence-electron chi connectivity index (χ3n) is 11.6. The molecule has 1 unspecified atom stereocenters. The molecule has 0 saturated carbocycles. The first-order chi connectivity index (χ1) is 22.9. The third-order valence-corrected chi connectivity index (χ3v) is 20.3. The van der Waals surface area contributed by atoms with Crippen LogP contribution in [0.3, 0.4) is 0 Å². The molecule has 8 rings (SSSR count). The van der Waals surface area contributed by atoms with Crippen molar-refractivity contribution in [3.8, 4) is 11.1 Å². The Kier molecular flexibility index (Phi) is 10.1. The van der Waals surface area contributed by atoms with Crippen LogP contribution in [0.25, 0.3) is 22.3 Å². The molecule has 0 radical (unpaired) electrons. The van der Waals surface area contributed by atoms with Crippen molar-refractivity contribution in [1.82, 2.24) is 0 Å². The van der Waals surface area contributed by atoms with E-state index in [1.165, 1.54) is 61.2 Å². The maximum atomic E-state index is 2.69. The van der Waals surface area contributed by atoms with Crippen LogP contribution in [0.5, 0.6) is 0 Å².